The standard InChI is InChI=1S/C16H13FN4O3S.ClH/c17-11-7-9-12(22)10(15(23)24)8-21(16-18-3-6-25-16)13(9)19-14(11)20-4-1-2-5-20;/h3,6-8H,1-2,4-5H2,(H,23,24);1H. The molecular formula is C16H14ClFN4O3S. The van der Waals surface area contributed by atoms with E-state index >= 15 is 0 Å². The summed E-state index contributed by atoms with van der Waals surface area (Å²) in [5.74, 6) is -1.70. The molecule has 0 bridgehead atoms. The van der Waals surface area contributed by atoms with Crippen molar-refractivity contribution in [3.63, 3.8) is 0 Å². The van der Waals surface area contributed by atoms with Crippen LogP contribution in [0.25, 0.3) is 16.2 Å². The number of carbonyl (C=O) groups is 1. The van der Waals surface area contributed by atoms with Gasteiger partial charge in [0.15, 0.2) is 10.8 Å². The molecule has 7 nitrogen and oxygen atoms in total. The minimum Gasteiger partial charge on any atom is -1.00 e. The van der Waals surface area contributed by atoms with E-state index in [0.29, 0.717) is 5.13 Å². The molecule has 10 heteroatoms. The zero-order valence-electron chi connectivity index (χ0n) is 13.4. The summed E-state index contributed by atoms with van der Waals surface area (Å²) in [6.45, 7) is 1.56. The van der Waals surface area contributed by atoms with Crippen molar-refractivity contribution in [2.75, 3.05) is 13.1 Å². The summed E-state index contributed by atoms with van der Waals surface area (Å²) >= 11 is 1.28. The first-order chi connectivity index (χ1) is 12.1. The quantitative estimate of drug-likeness (QED) is 0.534. The van der Waals surface area contributed by atoms with Gasteiger partial charge in [-0.1, -0.05) is 0 Å². The molecule has 1 saturated heterocycles. The summed E-state index contributed by atoms with van der Waals surface area (Å²) in [5.41, 5.74) is -0.962. The van der Waals surface area contributed by atoms with Crippen LogP contribution in [-0.4, -0.2) is 38.7 Å². The van der Waals surface area contributed by atoms with Crippen LogP contribution >= 0.6 is 11.3 Å². The van der Waals surface area contributed by atoms with Crippen molar-refractivity contribution in [1.82, 2.24) is 14.5 Å². The maximum absolute atomic E-state index is 14.6. The van der Waals surface area contributed by atoms with E-state index in [2.05, 4.69) is 9.97 Å². The molecule has 136 valence electrons. The molecule has 0 atom stereocenters. The van der Waals surface area contributed by atoms with Gasteiger partial charge in [0.05, 0.1) is 18.5 Å². The molecule has 0 aromatic carbocycles. The largest absolute Gasteiger partial charge is 1.00 e. The van der Waals surface area contributed by atoms with Gasteiger partial charge in [-0.15, -0.1) is 11.3 Å². The third-order valence-electron chi connectivity index (χ3n) is 4.33. The molecule has 0 saturated carbocycles. The Balaban J connectivity index is 0.00000196. The Morgan fingerprint density at radius 1 is 1.35 bits per heavy atom. The number of thiazole rings is 1. The number of quaternary nitrogens is 1. The van der Waals surface area contributed by atoms with Gasteiger partial charge in [-0.3, -0.25) is 14.3 Å². The van der Waals surface area contributed by atoms with Crippen LogP contribution in [0.15, 0.2) is 28.6 Å². The van der Waals surface area contributed by atoms with Crippen LogP contribution in [0, 0.1) is 5.82 Å². The molecule has 0 radical (unpaired) electrons. The molecule has 1 aliphatic rings. The SMILES string of the molecule is O=C(O)c1cn(-c2nccs2)c2nc([NH+]3CCCC3)c(F)cc2c1=O.[Cl-]. The van der Waals surface area contributed by atoms with Gasteiger partial charge in [-0.05, 0) is 6.07 Å². The van der Waals surface area contributed by atoms with E-state index in [1.54, 1.807) is 11.6 Å². The molecule has 3 aromatic heterocycles. The van der Waals surface area contributed by atoms with Gasteiger partial charge in [0.1, 0.15) is 5.56 Å². The Hall–Kier alpha value is -2.36. The second kappa shape index (κ2) is 7.10. The molecule has 0 amide bonds. The Kier molecular flexibility index (Phi) is 5.03. The van der Waals surface area contributed by atoms with Crippen LogP contribution in [0.5, 0.6) is 0 Å². The molecule has 4 heterocycles. The highest BCUT2D eigenvalue weighted by Gasteiger charge is 2.26. The predicted molar refractivity (Wildman–Crippen MR) is 89.5 cm³/mol. The number of aromatic nitrogens is 3. The highest BCUT2D eigenvalue weighted by Crippen LogP contribution is 2.21. The van der Waals surface area contributed by atoms with E-state index in [0.717, 1.165) is 36.9 Å². The Labute approximate surface area is 157 Å². The smallest absolute Gasteiger partial charge is 0.341 e. The van der Waals surface area contributed by atoms with Crippen molar-refractivity contribution >= 4 is 34.2 Å². The third kappa shape index (κ3) is 2.98. The van der Waals surface area contributed by atoms with Crippen LogP contribution in [0.3, 0.4) is 0 Å². The second-order valence-electron chi connectivity index (χ2n) is 5.86. The Bertz CT molecular complexity index is 1030. The van der Waals surface area contributed by atoms with E-state index in [4.69, 9.17) is 0 Å². The minimum atomic E-state index is -1.37. The molecule has 1 aliphatic heterocycles. The number of nitrogens with zero attached hydrogens (tertiary/aromatic N) is 3. The lowest BCUT2D eigenvalue weighted by Crippen LogP contribution is -3.05. The molecule has 0 spiro atoms. The van der Waals surface area contributed by atoms with E-state index in [9.17, 15) is 19.1 Å². The topological polar surface area (TPSA) is 89.5 Å². The lowest BCUT2D eigenvalue weighted by Gasteiger charge is -2.14. The molecule has 26 heavy (non-hydrogen) atoms. The maximum Gasteiger partial charge on any atom is 0.341 e. The van der Waals surface area contributed by atoms with Crippen molar-refractivity contribution in [3.05, 3.63) is 45.4 Å². The number of fused-ring (bicyclic) bond motifs is 1. The number of pyridine rings is 2. The third-order valence-corrected chi connectivity index (χ3v) is 5.10. The number of aromatic carboxylic acids is 1. The second-order valence-corrected chi connectivity index (χ2v) is 6.74. The van der Waals surface area contributed by atoms with Crippen LogP contribution < -0.4 is 22.7 Å². The zero-order chi connectivity index (χ0) is 17.6. The molecular weight excluding hydrogens is 383 g/mol. The van der Waals surface area contributed by atoms with Crippen LogP contribution in [0.2, 0.25) is 0 Å². The highest BCUT2D eigenvalue weighted by atomic mass is 35.5. The van der Waals surface area contributed by atoms with Gasteiger partial charge in [0.2, 0.25) is 11.2 Å². The predicted octanol–water partition coefficient (Wildman–Crippen LogP) is -2.01. The van der Waals surface area contributed by atoms with Crippen molar-refractivity contribution in [3.8, 4) is 5.13 Å². The molecule has 3 aromatic rings. The zero-order valence-corrected chi connectivity index (χ0v) is 15.0. The van der Waals surface area contributed by atoms with Crippen molar-refractivity contribution in [2.24, 2.45) is 0 Å². The fourth-order valence-corrected chi connectivity index (χ4v) is 3.76. The first-order valence-corrected chi connectivity index (χ1v) is 8.68. The lowest BCUT2D eigenvalue weighted by molar-refractivity contribution is -0.822. The summed E-state index contributed by atoms with van der Waals surface area (Å²) < 4.78 is 16.0. The van der Waals surface area contributed by atoms with Crippen molar-refractivity contribution < 1.29 is 31.6 Å². The number of nitrogens with one attached hydrogen (secondary N) is 1. The molecule has 2 N–H and O–H groups in total. The number of halogens is 2. The summed E-state index contributed by atoms with van der Waals surface area (Å²) in [4.78, 5) is 33.3. The van der Waals surface area contributed by atoms with Gasteiger partial charge < -0.3 is 17.5 Å². The summed E-state index contributed by atoms with van der Waals surface area (Å²) in [7, 11) is 0. The Morgan fingerprint density at radius 3 is 2.69 bits per heavy atom. The summed E-state index contributed by atoms with van der Waals surface area (Å²) in [5, 5.41) is 11.4. The number of hydrogen-bond acceptors (Lipinski definition) is 5. The molecule has 0 aliphatic carbocycles. The van der Waals surface area contributed by atoms with Gasteiger partial charge >= 0.3 is 5.97 Å². The van der Waals surface area contributed by atoms with E-state index < -0.39 is 22.8 Å². The van der Waals surface area contributed by atoms with Gasteiger partial charge in [-0.2, -0.15) is 9.37 Å². The lowest BCUT2D eigenvalue weighted by atomic mass is 10.2. The van der Waals surface area contributed by atoms with Gasteiger partial charge in [0, 0.05) is 30.6 Å². The first-order valence-electron chi connectivity index (χ1n) is 7.80. The fourth-order valence-electron chi connectivity index (χ4n) is 3.14. The average molecular weight is 397 g/mol. The number of rotatable bonds is 3. The van der Waals surface area contributed by atoms with Gasteiger partial charge in [0.25, 0.3) is 5.82 Å². The van der Waals surface area contributed by atoms with Crippen molar-refractivity contribution in [2.45, 2.75) is 12.8 Å². The Morgan fingerprint density at radius 2 is 2.08 bits per heavy atom. The molecule has 4 rings (SSSR count). The van der Waals surface area contributed by atoms with E-state index in [1.807, 2.05) is 0 Å². The van der Waals surface area contributed by atoms with Crippen LogP contribution in [-0.2, 0) is 0 Å². The summed E-state index contributed by atoms with van der Waals surface area (Å²) in [6.07, 6.45) is 4.76. The molecule has 1 fully saturated rings. The van der Waals surface area contributed by atoms with Crippen LogP contribution in [0.1, 0.15) is 23.2 Å². The minimum absolute atomic E-state index is 0. The maximum atomic E-state index is 14.6. The average Bonchev–Trinajstić information content (AvgIpc) is 3.28. The monoisotopic (exact) mass is 396 g/mol. The fraction of sp³-hybridized carbons (Fsp3) is 0.250. The van der Waals surface area contributed by atoms with Crippen molar-refractivity contribution in [1.29, 1.82) is 0 Å². The normalized spacial score (nSPS) is 14.5. The first kappa shape index (κ1) is 18.4. The van der Waals surface area contributed by atoms with Crippen LogP contribution in [0.4, 0.5) is 10.2 Å². The van der Waals surface area contributed by atoms with E-state index in [1.165, 1.54) is 22.1 Å². The van der Waals surface area contributed by atoms with E-state index in [-0.39, 0.29) is 29.3 Å². The molecule has 0 unspecified atom stereocenters. The highest BCUT2D eigenvalue weighted by molar-refractivity contribution is 7.12. The van der Waals surface area contributed by atoms with Gasteiger partial charge in [-0.25, -0.2) is 9.78 Å². The number of carboxylic acid groups (broad SMARTS) is 1. The number of carboxylic acids is 1. The number of hydrogen-bond donors (Lipinski definition) is 2. The summed E-state index contributed by atoms with van der Waals surface area (Å²) in [6, 6.07) is 1.10.